The van der Waals surface area contributed by atoms with E-state index in [1.165, 1.54) is 36.1 Å². The third kappa shape index (κ3) is 19.3. The fourth-order valence-electron chi connectivity index (χ4n) is 8.58. The van der Waals surface area contributed by atoms with Crippen LogP contribution in [-0.4, -0.2) is 147 Å². The number of amides is 9. The number of carbonyl (C=O) groups is 10. The second-order valence-corrected chi connectivity index (χ2v) is 19.7. The number of nitrogens with one attached hydrogen (secondary N) is 7. The maximum atomic E-state index is 14.4. The summed E-state index contributed by atoms with van der Waals surface area (Å²) < 4.78 is 0. The van der Waals surface area contributed by atoms with Gasteiger partial charge in [-0.3, -0.25) is 47.9 Å². The van der Waals surface area contributed by atoms with E-state index in [0.717, 1.165) is 5.56 Å². The van der Waals surface area contributed by atoms with Crippen LogP contribution in [0.4, 0.5) is 0 Å². The molecule has 0 aliphatic carbocycles. The van der Waals surface area contributed by atoms with Crippen LogP contribution >= 0.6 is 0 Å². The molecule has 9 amide bonds. The lowest BCUT2D eigenvalue weighted by Crippen LogP contribution is -2.62. The highest BCUT2D eigenvalue weighted by molar-refractivity contribution is 5.98. The molecule has 0 bridgehead atoms. The van der Waals surface area contributed by atoms with Crippen LogP contribution in [0.2, 0.25) is 0 Å². The number of aromatic hydroxyl groups is 1. The van der Waals surface area contributed by atoms with E-state index in [-0.39, 0.29) is 50.3 Å². The Labute approximate surface area is 447 Å². The Morgan fingerprint density at radius 1 is 0.636 bits per heavy atom. The molecule has 3 aromatic rings. The first-order valence-corrected chi connectivity index (χ1v) is 25.7. The molecule has 1 aliphatic rings. The van der Waals surface area contributed by atoms with Gasteiger partial charge in [0, 0.05) is 25.8 Å². The van der Waals surface area contributed by atoms with Gasteiger partial charge in [-0.15, -0.1) is 0 Å². The van der Waals surface area contributed by atoms with Crippen molar-refractivity contribution in [3.63, 3.8) is 0 Å². The lowest BCUT2D eigenvalue weighted by Gasteiger charge is -2.33. The number of aliphatic carboxylic acids is 1. The molecule has 1 fully saturated rings. The maximum absolute atomic E-state index is 14.4. The molecule has 14 N–H and O–H groups in total. The highest BCUT2D eigenvalue weighted by atomic mass is 16.4. The molecule has 0 spiro atoms. The number of phenolic OH excluding ortho intramolecular Hbond substituents is 1. The summed E-state index contributed by atoms with van der Waals surface area (Å²) in [5, 5.41) is 47.8. The summed E-state index contributed by atoms with van der Waals surface area (Å²) >= 11 is 0. The Bertz CT molecular complexity index is 2510. The lowest BCUT2D eigenvalue weighted by molar-refractivity contribution is -0.143. The van der Waals surface area contributed by atoms with Gasteiger partial charge in [0.15, 0.2) is 0 Å². The number of hydrogen-bond donors (Lipinski definition) is 12. The highest BCUT2D eigenvalue weighted by Gasteiger charge is 2.41. The molecular weight excluding hydrogens is 997 g/mol. The van der Waals surface area contributed by atoms with Gasteiger partial charge in [0.05, 0.1) is 18.7 Å². The quantitative estimate of drug-likeness (QED) is 0.0405. The molecular formula is C54H74N10O13. The number of primary amides is 1. The number of carboxylic acids is 1. The first-order chi connectivity index (χ1) is 36.5. The van der Waals surface area contributed by atoms with Crippen molar-refractivity contribution in [2.75, 3.05) is 13.1 Å². The molecule has 3 aromatic carbocycles. The molecule has 4 rings (SSSR count). The van der Waals surface area contributed by atoms with Crippen molar-refractivity contribution < 1.29 is 63.3 Å². The number of nitrogens with zero attached hydrogens (tertiary/aromatic N) is 1. The summed E-state index contributed by atoms with van der Waals surface area (Å²) in [6.45, 7) is 7.73. The van der Waals surface area contributed by atoms with Gasteiger partial charge < -0.3 is 68.9 Å². The number of phenols is 1. The number of likely N-dealkylation sites (tertiary alicyclic amines) is 1. The zero-order valence-electron chi connectivity index (χ0n) is 44.0. The second-order valence-electron chi connectivity index (χ2n) is 19.7. The zero-order valence-corrected chi connectivity index (χ0v) is 44.0. The van der Waals surface area contributed by atoms with Crippen LogP contribution in [0.1, 0.15) is 83.4 Å². The van der Waals surface area contributed by atoms with Gasteiger partial charge >= 0.3 is 5.97 Å². The predicted octanol–water partition coefficient (Wildman–Crippen LogP) is -0.804. The Morgan fingerprint density at radius 3 is 1.70 bits per heavy atom. The standard InChI is InChI=1S/C54H74N10O13/c1-6-31(4)45(62-51(74)41-18-13-25-64(41)54(77)44(30(2)3)61-48(71)37(55)26-33-14-9-7-10-15-33)52(75)60-40(27-34-16-11-8-12-17-34)50(73)63-46(32(5)65)53(76)59-39(28-35-19-21-36(66)22-20-35)49(72)57-29-42(67)58-38(47(56)70)23-24-43(68)69/h7-12,14-17,19-22,30-32,37-41,44-46,65-66H,6,13,18,23-29,55H2,1-5H3,(H2,56,70)(H,57,72)(H,58,67)(H,59,76)(H,60,75)(H,61,71)(H,62,74)(H,63,73)(H,68,69)/t31-,32+,37-,38-,39-,40-,41-,44-,45-,46-/m0/s1. The number of aliphatic hydroxyl groups is 1. The number of benzene rings is 3. The van der Waals surface area contributed by atoms with E-state index in [1.54, 1.807) is 58.0 Å². The molecule has 0 unspecified atom stereocenters. The topological polar surface area (TPSA) is 371 Å². The normalized spacial score (nSPS) is 16.6. The van der Waals surface area contributed by atoms with Gasteiger partial charge in [-0.05, 0) is 73.3 Å². The third-order valence-electron chi connectivity index (χ3n) is 13.2. The van der Waals surface area contributed by atoms with Gasteiger partial charge in [0.2, 0.25) is 53.2 Å². The van der Waals surface area contributed by atoms with E-state index >= 15 is 0 Å². The number of hydrogen-bond acceptors (Lipinski definition) is 13. The van der Waals surface area contributed by atoms with Crippen LogP contribution in [0.5, 0.6) is 5.75 Å². The molecule has 1 saturated heterocycles. The number of carboxylic acid groups (broad SMARTS) is 1. The van der Waals surface area contributed by atoms with Gasteiger partial charge in [0.1, 0.15) is 48.0 Å². The lowest BCUT2D eigenvalue weighted by atomic mass is 9.96. The third-order valence-corrected chi connectivity index (χ3v) is 13.2. The number of carbonyl (C=O) groups excluding carboxylic acids is 9. The molecule has 0 aromatic heterocycles. The minimum absolute atomic E-state index is 0.0959. The largest absolute Gasteiger partial charge is 0.508 e. The minimum atomic E-state index is -1.75. The molecule has 0 saturated carbocycles. The van der Waals surface area contributed by atoms with E-state index in [4.69, 9.17) is 16.6 Å². The number of aliphatic hydroxyl groups excluding tert-OH is 1. The summed E-state index contributed by atoms with van der Waals surface area (Å²) in [6.07, 6.45) is -1.42. The number of nitrogens with two attached hydrogens (primary N) is 2. The van der Waals surface area contributed by atoms with Crippen molar-refractivity contribution in [1.82, 2.24) is 42.1 Å². The van der Waals surface area contributed by atoms with Crippen molar-refractivity contribution >= 4 is 59.1 Å². The van der Waals surface area contributed by atoms with Crippen molar-refractivity contribution in [2.45, 2.75) is 140 Å². The smallest absolute Gasteiger partial charge is 0.303 e. The molecule has 1 aliphatic heterocycles. The fraction of sp³-hybridized carbons (Fsp3) is 0.481. The summed E-state index contributed by atoms with van der Waals surface area (Å²) in [5.74, 6) is -9.48. The van der Waals surface area contributed by atoms with Crippen molar-refractivity contribution in [3.05, 3.63) is 102 Å². The van der Waals surface area contributed by atoms with Crippen LogP contribution in [0.3, 0.4) is 0 Å². The van der Waals surface area contributed by atoms with Gasteiger partial charge in [-0.1, -0.05) is 107 Å². The van der Waals surface area contributed by atoms with E-state index in [2.05, 4.69) is 37.2 Å². The Hall–Kier alpha value is -7.92. The maximum Gasteiger partial charge on any atom is 0.303 e. The van der Waals surface area contributed by atoms with Crippen LogP contribution in [0, 0.1) is 11.8 Å². The van der Waals surface area contributed by atoms with E-state index < -0.39 is 132 Å². The average molecular weight is 1070 g/mol. The summed E-state index contributed by atoms with van der Waals surface area (Å²) in [5.41, 5.74) is 13.4. The molecule has 77 heavy (non-hydrogen) atoms. The van der Waals surface area contributed by atoms with Gasteiger partial charge in [-0.2, -0.15) is 0 Å². The highest BCUT2D eigenvalue weighted by Crippen LogP contribution is 2.22. The van der Waals surface area contributed by atoms with Gasteiger partial charge in [-0.25, -0.2) is 0 Å². The van der Waals surface area contributed by atoms with E-state index in [0.29, 0.717) is 24.0 Å². The number of rotatable bonds is 29. The monoisotopic (exact) mass is 1070 g/mol. The van der Waals surface area contributed by atoms with Crippen molar-refractivity contribution in [3.8, 4) is 5.75 Å². The van der Waals surface area contributed by atoms with E-state index in [9.17, 15) is 58.2 Å². The molecule has 1 heterocycles. The minimum Gasteiger partial charge on any atom is -0.508 e. The van der Waals surface area contributed by atoms with Crippen LogP contribution < -0.4 is 48.7 Å². The SMILES string of the molecule is CC[C@H](C)[C@H](NC(=O)[C@@H]1CCCN1C(=O)[C@@H](NC(=O)[C@@H](N)Cc1ccccc1)C(C)C)C(=O)N[C@@H](Cc1ccccc1)C(=O)N[C@H](C(=O)N[C@@H](Cc1ccc(O)cc1)C(=O)NCC(=O)N[C@@H](CCC(=O)O)C(N)=O)[C@@H](C)O. The first-order valence-electron chi connectivity index (χ1n) is 25.7. The Morgan fingerprint density at radius 2 is 1.17 bits per heavy atom. The second kappa shape index (κ2) is 30.0. The van der Waals surface area contributed by atoms with Crippen molar-refractivity contribution in [2.24, 2.45) is 23.3 Å². The molecule has 418 valence electrons. The van der Waals surface area contributed by atoms with E-state index in [1.807, 2.05) is 30.3 Å². The Kier molecular flexibility index (Phi) is 24.0. The summed E-state index contributed by atoms with van der Waals surface area (Å²) in [7, 11) is 0. The first kappa shape index (κ1) is 61.6. The fourth-order valence-corrected chi connectivity index (χ4v) is 8.58. The summed E-state index contributed by atoms with van der Waals surface area (Å²) in [4.78, 5) is 135. The molecule has 23 nitrogen and oxygen atoms in total. The van der Waals surface area contributed by atoms with Crippen LogP contribution in [0.15, 0.2) is 84.9 Å². The van der Waals surface area contributed by atoms with Crippen LogP contribution in [0.25, 0.3) is 0 Å². The van der Waals surface area contributed by atoms with Crippen LogP contribution in [-0.2, 0) is 67.2 Å². The van der Waals surface area contributed by atoms with Crippen molar-refractivity contribution in [1.29, 1.82) is 0 Å². The van der Waals surface area contributed by atoms with Gasteiger partial charge in [0.25, 0.3) is 0 Å². The zero-order chi connectivity index (χ0) is 56.9. The molecule has 0 radical (unpaired) electrons. The Balaban J connectivity index is 1.52. The molecule has 23 heteroatoms. The molecule has 10 atom stereocenters. The summed E-state index contributed by atoms with van der Waals surface area (Å²) in [6, 6.07) is 13.1. The average Bonchev–Trinajstić information content (AvgIpc) is 3.90. The predicted molar refractivity (Wildman–Crippen MR) is 281 cm³/mol.